The lowest BCUT2D eigenvalue weighted by Gasteiger charge is -2.19. The molecule has 0 saturated heterocycles. The van der Waals surface area contributed by atoms with Gasteiger partial charge in [0.25, 0.3) is 5.91 Å². The molecule has 1 atom stereocenters. The summed E-state index contributed by atoms with van der Waals surface area (Å²) in [7, 11) is 0. The maximum Gasteiger partial charge on any atom is 0.252 e. The Morgan fingerprint density at radius 2 is 1.70 bits per heavy atom. The third-order valence-electron chi connectivity index (χ3n) is 4.92. The number of aromatic nitrogens is 2. The summed E-state index contributed by atoms with van der Waals surface area (Å²) in [6, 6.07) is 22.2. The van der Waals surface area contributed by atoms with Crippen LogP contribution < -0.4 is 10.6 Å². The van der Waals surface area contributed by atoms with Gasteiger partial charge in [0.15, 0.2) is 0 Å². The topological polar surface area (TPSA) is 76.0 Å². The number of hydrogen-bond acceptors (Lipinski definition) is 3. The van der Waals surface area contributed by atoms with E-state index in [1.54, 1.807) is 29.4 Å². The molecule has 6 heteroatoms. The van der Waals surface area contributed by atoms with E-state index in [0.29, 0.717) is 12.1 Å². The smallest absolute Gasteiger partial charge is 0.252 e. The molecule has 0 aliphatic rings. The van der Waals surface area contributed by atoms with Gasteiger partial charge in [-0.2, -0.15) is 0 Å². The van der Waals surface area contributed by atoms with Crippen LogP contribution in [0.5, 0.6) is 0 Å². The van der Waals surface area contributed by atoms with Gasteiger partial charge >= 0.3 is 0 Å². The van der Waals surface area contributed by atoms with Crippen molar-refractivity contribution < 1.29 is 9.59 Å². The Hall–Kier alpha value is -3.93. The predicted molar refractivity (Wildman–Crippen MR) is 116 cm³/mol. The number of nitrogens with one attached hydrogen (secondary N) is 2. The Morgan fingerprint density at radius 3 is 2.50 bits per heavy atom. The molecular weight excluding hydrogens is 376 g/mol. The average molecular weight is 398 g/mol. The molecule has 0 saturated carbocycles. The quantitative estimate of drug-likeness (QED) is 0.502. The molecule has 0 aliphatic heterocycles. The zero-order valence-electron chi connectivity index (χ0n) is 16.4. The minimum atomic E-state index is -0.741. The number of benzene rings is 3. The summed E-state index contributed by atoms with van der Waals surface area (Å²) in [6.45, 7) is 0.682. The molecule has 0 aliphatic carbocycles. The molecule has 2 N–H and O–H groups in total. The van der Waals surface area contributed by atoms with Crippen LogP contribution in [0.4, 0.5) is 0 Å². The molecule has 0 bridgehead atoms. The van der Waals surface area contributed by atoms with E-state index in [1.165, 1.54) is 0 Å². The first kappa shape index (κ1) is 19.4. The fourth-order valence-corrected chi connectivity index (χ4v) is 3.37. The number of hydrogen-bond donors (Lipinski definition) is 2. The van der Waals surface area contributed by atoms with Crippen molar-refractivity contribution in [1.29, 1.82) is 0 Å². The normalized spacial score (nSPS) is 11.7. The fraction of sp³-hybridized carbons (Fsp3) is 0.125. The maximum absolute atomic E-state index is 13.1. The predicted octanol–water partition coefficient (Wildman–Crippen LogP) is 3.15. The molecule has 2 amide bonds. The van der Waals surface area contributed by atoms with Crippen LogP contribution in [0.3, 0.4) is 0 Å². The molecule has 4 rings (SSSR count). The van der Waals surface area contributed by atoms with E-state index in [1.807, 2.05) is 66.7 Å². The number of nitrogens with zero attached hydrogens (tertiary/aromatic N) is 2. The number of amides is 2. The second-order valence-electron chi connectivity index (χ2n) is 7.02. The third-order valence-corrected chi connectivity index (χ3v) is 4.92. The van der Waals surface area contributed by atoms with Gasteiger partial charge in [-0.25, -0.2) is 4.98 Å². The van der Waals surface area contributed by atoms with E-state index >= 15 is 0 Å². The molecule has 0 spiro atoms. The van der Waals surface area contributed by atoms with Crippen LogP contribution in [-0.4, -0.2) is 27.4 Å². The summed E-state index contributed by atoms with van der Waals surface area (Å²) >= 11 is 0. The van der Waals surface area contributed by atoms with Gasteiger partial charge in [0.2, 0.25) is 5.91 Å². The molecule has 1 aromatic heterocycles. The summed E-state index contributed by atoms with van der Waals surface area (Å²) < 4.78 is 1.77. The fourth-order valence-electron chi connectivity index (χ4n) is 3.37. The molecule has 0 fully saturated rings. The molecule has 1 unspecified atom stereocenters. The maximum atomic E-state index is 13.1. The van der Waals surface area contributed by atoms with Crippen LogP contribution in [-0.2, 0) is 17.9 Å². The molecular formula is C24H22N4O2. The van der Waals surface area contributed by atoms with Crippen LogP contribution in [0, 0.1) is 0 Å². The van der Waals surface area contributed by atoms with Crippen molar-refractivity contribution in [3.8, 4) is 0 Å². The number of carbonyl (C=O) groups excluding carboxylic acids is 2. The van der Waals surface area contributed by atoms with E-state index in [4.69, 9.17) is 0 Å². The Kier molecular flexibility index (Phi) is 5.85. The van der Waals surface area contributed by atoms with Crippen molar-refractivity contribution in [3.63, 3.8) is 0 Å². The lowest BCUT2D eigenvalue weighted by Crippen LogP contribution is -2.48. The van der Waals surface area contributed by atoms with E-state index in [2.05, 4.69) is 15.6 Å². The van der Waals surface area contributed by atoms with Crippen LogP contribution >= 0.6 is 0 Å². The summed E-state index contributed by atoms with van der Waals surface area (Å²) in [5.74, 6) is -0.534. The van der Waals surface area contributed by atoms with Crippen molar-refractivity contribution in [3.05, 3.63) is 103 Å². The lowest BCUT2D eigenvalue weighted by molar-refractivity contribution is -0.123. The summed E-state index contributed by atoms with van der Waals surface area (Å²) in [6.07, 6.45) is 5.04. The first-order chi connectivity index (χ1) is 14.7. The SMILES string of the molecule is O=C(NC(Cn1ccnc1)C(=O)NCc1ccccc1)c1cccc2ccccc12. The minimum absolute atomic E-state index is 0.249. The Balaban J connectivity index is 1.53. The lowest BCUT2D eigenvalue weighted by atomic mass is 10.0. The highest BCUT2D eigenvalue weighted by Gasteiger charge is 2.22. The molecule has 6 nitrogen and oxygen atoms in total. The molecule has 150 valence electrons. The molecule has 30 heavy (non-hydrogen) atoms. The Bertz CT molecular complexity index is 1140. The van der Waals surface area contributed by atoms with Crippen LogP contribution in [0.1, 0.15) is 15.9 Å². The van der Waals surface area contributed by atoms with Crippen LogP contribution in [0.25, 0.3) is 10.8 Å². The number of imidazole rings is 1. The van der Waals surface area contributed by atoms with Gasteiger partial charge in [0, 0.05) is 24.5 Å². The van der Waals surface area contributed by atoms with Crippen molar-refractivity contribution in [2.45, 2.75) is 19.1 Å². The van der Waals surface area contributed by atoms with E-state index < -0.39 is 6.04 Å². The highest BCUT2D eigenvalue weighted by molar-refractivity contribution is 6.08. The van der Waals surface area contributed by atoms with Gasteiger partial charge in [-0.15, -0.1) is 0 Å². The van der Waals surface area contributed by atoms with Gasteiger partial charge in [-0.05, 0) is 22.4 Å². The minimum Gasteiger partial charge on any atom is -0.350 e. The van der Waals surface area contributed by atoms with Crippen molar-refractivity contribution in [1.82, 2.24) is 20.2 Å². The first-order valence-corrected chi connectivity index (χ1v) is 9.77. The highest BCUT2D eigenvalue weighted by atomic mass is 16.2. The second kappa shape index (κ2) is 9.05. The number of fused-ring (bicyclic) bond motifs is 1. The second-order valence-corrected chi connectivity index (χ2v) is 7.02. The van der Waals surface area contributed by atoms with Crippen LogP contribution in [0.2, 0.25) is 0 Å². The average Bonchev–Trinajstić information content (AvgIpc) is 3.30. The largest absolute Gasteiger partial charge is 0.350 e. The van der Waals surface area contributed by atoms with Gasteiger partial charge < -0.3 is 15.2 Å². The number of rotatable bonds is 7. The summed E-state index contributed by atoms with van der Waals surface area (Å²) in [5.41, 5.74) is 1.53. The van der Waals surface area contributed by atoms with E-state index in [0.717, 1.165) is 16.3 Å². The number of carbonyl (C=O) groups is 2. The highest BCUT2D eigenvalue weighted by Crippen LogP contribution is 2.18. The summed E-state index contributed by atoms with van der Waals surface area (Å²) in [4.78, 5) is 30.0. The third kappa shape index (κ3) is 4.55. The van der Waals surface area contributed by atoms with Crippen molar-refractivity contribution in [2.75, 3.05) is 0 Å². The van der Waals surface area contributed by atoms with Gasteiger partial charge in [0.05, 0.1) is 12.9 Å². The molecule has 1 heterocycles. The van der Waals surface area contributed by atoms with Gasteiger partial charge in [0.1, 0.15) is 6.04 Å². The van der Waals surface area contributed by atoms with E-state index in [-0.39, 0.29) is 18.4 Å². The molecule has 0 radical (unpaired) electrons. The summed E-state index contributed by atoms with van der Waals surface area (Å²) in [5, 5.41) is 7.65. The van der Waals surface area contributed by atoms with Crippen LogP contribution in [0.15, 0.2) is 91.5 Å². The first-order valence-electron chi connectivity index (χ1n) is 9.77. The van der Waals surface area contributed by atoms with Gasteiger partial charge in [-0.3, -0.25) is 9.59 Å². The van der Waals surface area contributed by atoms with E-state index in [9.17, 15) is 9.59 Å². The zero-order valence-corrected chi connectivity index (χ0v) is 16.4. The Labute approximate surface area is 174 Å². The van der Waals surface area contributed by atoms with Gasteiger partial charge in [-0.1, -0.05) is 66.7 Å². The van der Waals surface area contributed by atoms with Crippen molar-refractivity contribution >= 4 is 22.6 Å². The monoisotopic (exact) mass is 398 g/mol. The molecule has 3 aromatic carbocycles. The Morgan fingerprint density at radius 1 is 0.933 bits per heavy atom. The standard InChI is InChI=1S/C24H22N4O2/c29-23(21-12-6-10-19-9-4-5-11-20(19)21)27-22(16-28-14-13-25-17-28)24(30)26-15-18-7-2-1-3-8-18/h1-14,17,22H,15-16H2,(H,26,30)(H,27,29). The van der Waals surface area contributed by atoms with Crippen molar-refractivity contribution in [2.24, 2.45) is 0 Å². The molecule has 4 aromatic rings. The zero-order chi connectivity index (χ0) is 20.8.